The molecule has 1 aliphatic heterocycles. The fourth-order valence-electron chi connectivity index (χ4n) is 2.45. The van der Waals surface area contributed by atoms with Crippen LogP contribution in [0.5, 0.6) is 11.5 Å². The highest BCUT2D eigenvalue weighted by Gasteiger charge is 2.23. The van der Waals surface area contributed by atoms with Crippen molar-refractivity contribution in [2.75, 3.05) is 13.7 Å². The summed E-state index contributed by atoms with van der Waals surface area (Å²) in [5.41, 5.74) is 1.66. The molecule has 0 aromatic heterocycles. The Balaban J connectivity index is 1.83. The first kappa shape index (κ1) is 15.0. The molecule has 1 heterocycles. The first-order valence-corrected chi connectivity index (χ1v) is 7.11. The number of methoxy groups -OCH3 is 1. The molecule has 1 aliphatic rings. The lowest BCUT2D eigenvalue weighted by molar-refractivity contribution is 0.0778. The van der Waals surface area contributed by atoms with Crippen LogP contribution in [0.3, 0.4) is 0 Å². The summed E-state index contributed by atoms with van der Waals surface area (Å²) in [5, 5.41) is 15.4. The Kier molecular flexibility index (Phi) is 3.97. The Morgan fingerprint density at radius 3 is 2.83 bits per heavy atom. The smallest absolute Gasteiger partial charge is 0.274 e. The number of aromatic hydroxyl groups is 1. The SMILES string of the molecule is COc1ccc(C2=NN(C(=O)c3cccc(F)c3)CC2)cc1O. The minimum atomic E-state index is -0.459. The summed E-state index contributed by atoms with van der Waals surface area (Å²) in [6.45, 7) is 0.414. The van der Waals surface area contributed by atoms with Gasteiger partial charge < -0.3 is 9.84 Å². The van der Waals surface area contributed by atoms with Crippen LogP contribution in [-0.2, 0) is 0 Å². The number of amides is 1. The summed E-state index contributed by atoms with van der Waals surface area (Å²) in [6.07, 6.45) is 0.562. The van der Waals surface area contributed by atoms with Gasteiger partial charge in [-0.2, -0.15) is 5.10 Å². The van der Waals surface area contributed by atoms with Gasteiger partial charge in [-0.3, -0.25) is 4.79 Å². The van der Waals surface area contributed by atoms with Gasteiger partial charge in [0.05, 0.1) is 19.4 Å². The number of ether oxygens (including phenoxy) is 1. The second-order valence-electron chi connectivity index (χ2n) is 5.12. The molecule has 1 N–H and O–H groups in total. The quantitative estimate of drug-likeness (QED) is 0.947. The highest BCUT2D eigenvalue weighted by Crippen LogP contribution is 2.28. The van der Waals surface area contributed by atoms with Crippen molar-refractivity contribution in [3.8, 4) is 11.5 Å². The topological polar surface area (TPSA) is 62.1 Å². The first-order chi connectivity index (χ1) is 11.1. The van der Waals surface area contributed by atoms with Gasteiger partial charge >= 0.3 is 0 Å². The molecular weight excluding hydrogens is 299 g/mol. The molecular formula is C17H15FN2O3. The van der Waals surface area contributed by atoms with Gasteiger partial charge in [0, 0.05) is 17.5 Å². The van der Waals surface area contributed by atoms with E-state index in [-0.39, 0.29) is 17.2 Å². The summed E-state index contributed by atoms with van der Waals surface area (Å²) in [5.74, 6) is -0.417. The van der Waals surface area contributed by atoms with Gasteiger partial charge in [-0.05, 0) is 36.4 Å². The number of carbonyl (C=O) groups is 1. The third kappa shape index (κ3) is 3.01. The summed E-state index contributed by atoms with van der Waals surface area (Å²) in [7, 11) is 1.47. The van der Waals surface area contributed by atoms with Gasteiger partial charge in [0.1, 0.15) is 5.82 Å². The van der Waals surface area contributed by atoms with Crippen LogP contribution in [0.1, 0.15) is 22.3 Å². The number of hydrogen-bond acceptors (Lipinski definition) is 4. The van der Waals surface area contributed by atoms with E-state index in [1.807, 2.05) is 0 Å². The predicted octanol–water partition coefficient (Wildman–Crippen LogP) is 2.79. The van der Waals surface area contributed by atoms with Gasteiger partial charge in [0.2, 0.25) is 0 Å². The molecule has 0 unspecified atom stereocenters. The van der Waals surface area contributed by atoms with E-state index in [2.05, 4.69) is 5.10 Å². The van der Waals surface area contributed by atoms with Crippen molar-refractivity contribution in [3.63, 3.8) is 0 Å². The molecule has 0 fully saturated rings. The Hall–Kier alpha value is -2.89. The predicted molar refractivity (Wildman–Crippen MR) is 83.2 cm³/mol. The Bertz CT molecular complexity index is 789. The number of phenolic OH excluding ortho intramolecular Hbond substituents is 1. The van der Waals surface area contributed by atoms with Gasteiger partial charge in [0.25, 0.3) is 5.91 Å². The van der Waals surface area contributed by atoms with Crippen LogP contribution in [0, 0.1) is 5.82 Å². The number of hydrazone groups is 1. The Morgan fingerprint density at radius 2 is 2.13 bits per heavy atom. The monoisotopic (exact) mass is 314 g/mol. The lowest BCUT2D eigenvalue weighted by atomic mass is 10.1. The lowest BCUT2D eigenvalue weighted by Gasteiger charge is -2.11. The summed E-state index contributed by atoms with van der Waals surface area (Å²) in [4.78, 5) is 12.3. The van der Waals surface area contributed by atoms with Gasteiger partial charge in [-0.1, -0.05) is 6.07 Å². The molecule has 0 bridgehead atoms. The molecule has 0 aliphatic carbocycles. The zero-order chi connectivity index (χ0) is 16.4. The zero-order valence-electron chi connectivity index (χ0n) is 12.5. The molecule has 118 valence electrons. The number of benzene rings is 2. The molecule has 0 atom stereocenters. The Labute approximate surface area is 132 Å². The third-order valence-corrected chi connectivity index (χ3v) is 3.62. The van der Waals surface area contributed by atoms with Gasteiger partial charge in [-0.15, -0.1) is 0 Å². The Morgan fingerprint density at radius 1 is 1.30 bits per heavy atom. The average molecular weight is 314 g/mol. The normalized spacial score (nSPS) is 13.8. The molecule has 0 saturated carbocycles. The molecule has 0 radical (unpaired) electrons. The van der Waals surface area contributed by atoms with E-state index in [1.165, 1.54) is 30.3 Å². The van der Waals surface area contributed by atoms with Crippen LogP contribution in [-0.4, -0.2) is 35.4 Å². The number of carbonyl (C=O) groups excluding carboxylic acids is 1. The molecule has 0 spiro atoms. The van der Waals surface area contributed by atoms with E-state index in [1.54, 1.807) is 24.3 Å². The van der Waals surface area contributed by atoms with Crippen LogP contribution in [0.4, 0.5) is 4.39 Å². The second kappa shape index (κ2) is 6.08. The molecule has 6 heteroatoms. The highest BCUT2D eigenvalue weighted by molar-refractivity contribution is 6.04. The van der Waals surface area contributed by atoms with Crippen LogP contribution in [0.15, 0.2) is 47.6 Å². The molecule has 3 rings (SSSR count). The molecule has 5 nitrogen and oxygen atoms in total. The summed E-state index contributed by atoms with van der Waals surface area (Å²) < 4.78 is 18.2. The lowest BCUT2D eigenvalue weighted by Crippen LogP contribution is -2.23. The van der Waals surface area contributed by atoms with Gasteiger partial charge in [-0.25, -0.2) is 9.40 Å². The number of hydrogen-bond donors (Lipinski definition) is 1. The number of halogens is 1. The standard InChI is InChI=1S/C17H15FN2O3/c1-23-16-6-5-11(10-15(16)21)14-7-8-20(19-14)17(22)12-3-2-4-13(18)9-12/h2-6,9-10,21H,7-8H2,1H3. The minimum absolute atomic E-state index is 0.0163. The van der Waals surface area contributed by atoms with Crippen molar-refractivity contribution in [2.24, 2.45) is 5.10 Å². The van der Waals surface area contributed by atoms with E-state index in [0.29, 0.717) is 24.4 Å². The van der Waals surface area contributed by atoms with Crippen molar-refractivity contribution in [3.05, 3.63) is 59.4 Å². The third-order valence-electron chi connectivity index (χ3n) is 3.62. The number of nitrogens with zero attached hydrogens (tertiary/aromatic N) is 2. The zero-order valence-corrected chi connectivity index (χ0v) is 12.5. The number of phenols is 1. The average Bonchev–Trinajstić information content (AvgIpc) is 3.04. The maximum absolute atomic E-state index is 13.2. The van der Waals surface area contributed by atoms with Crippen molar-refractivity contribution < 1.29 is 19.0 Å². The van der Waals surface area contributed by atoms with Crippen molar-refractivity contribution in [2.45, 2.75) is 6.42 Å². The second-order valence-corrected chi connectivity index (χ2v) is 5.12. The maximum Gasteiger partial charge on any atom is 0.274 e. The van der Waals surface area contributed by atoms with Crippen LogP contribution in [0.2, 0.25) is 0 Å². The molecule has 23 heavy (non-hydrogen) atoms. The van der Waals surface area contributed by atoms with E-state index >= 15 is 0 Å². The van der Waals surface area contributed by atoms with Crippen molar-refractivity contribution in [1.82, 2.24) is 5.01 Å². The van der Waals surface area contributed by atoms with E-state index in [0.717, 1.165) is 5.56 Å². The fourth-order valence-corrected chi connectivity index (χ4v) is 2.45. The van der Waals surface area contributed by atoms with Crippen molar-refractivity contribution >= 4 is 11.6 Å². The first-order valence-electron chi connectivity index (χ1n) is 7.11. The highest BCUT2D eigenvalue weighted by atomic mass is 19.1. The van der Waals surface area contributed by atoms with E-state index in [9.17, 15) is 14.3 Å². The molecule has 0 saturated heterocycles. The molecule has 2 aromatic rings. The van der Waals surface area contributed by atoms with Crippen molar-refractivity contribution in [1.29, 1.82) is 0 Å². The van der Waals surface area contributed by atoms with E-state index in [4.69, 9.17) is 4.74 Å². The van der Waals surface area contributed by atoms with Crippen LogP contribution in [0.25, 0.3) is 0 Å². The van der Waals surface area contributed by atoms with Crippen LogP contribution < -0.4 is 4.74 Å². The fraction of sp³-hybridized carbons (Fsp3) is 0.176. The van der Waals surface area contributed by atoms with E-state index < -0.39 is 5.82 Å². The molecule has 1 amide bonds. The number of rotatable bonds is 3. The largest absolute Gasteiger partial charge is 0.504 e. The molecule has 2 aromatic carbocycles. The van der Waals surface area contributed by atoms with Crippen LogP contribution >= 0.6 is 0 Å². The minimum Gasteiger partial charge on any atom is -0.504 e. The summed E-state index contributed by atoms with van der Waals surface area (Å²) >= 11 is 0. The maximum atomic E-state index is 13.2. The van der Waals surface area contributed by atoms with Gasteiger partial charge in [0.15, 0.2) is 11.5 Å². The summed E-state index contributed by atoms with van der Waals surface area (Å²) in [6, 6.07) is 10.5.